The number of aryl methyl sites for hydroxylation is 1. The second kappa shape index (κ2) is 6.21. The maximum atomic E-state index is 12.7. The van der Waals surface area contributed by atoms with Crippen LogP contribution >= 0.6 is 0 Å². The van der Waals surface area contributed by atoms with Gasteiger partial charge in [0.05, 0.1) is 11.4 Å². The number of pyridine rings is 2. The van der Waals surface area contributed by atoms with E-state index >= 15 is 0 Å². The van der Waals surface area contributed by atoms with E-state index in [2.05, 4.69) is 10.3 Å². The Labute approximate surface area is 156 Å². The summed E-state index contributed by atoms with van der Waals surface area (Å²) < 4.78 is 7.67. The Bertz CT molecular complexity index is 1200. The summed E-state index contributed by atoms with van der Waals surface area (Å²) in [5.41, 5.74) is 5.48. The summed E-state index contributed by atoms with van der Waals surface area (Å²) in [6.45, 7) is 3.76. The highest BCUT2D eigenvalue weighted by Gasteiger charge is 2.17. The van der Waals surface area contributed by atoms with Gasteiger partial charge in [-0.1, -0.05) is 6.07 Å². The van der Waals surface area contributed by atoms with Crippen LogP contribution in [0, 0.1) is 6.92 Å². The van der Waals surface area contributed by atoms with Crippen molar-refractivity contribution in [2.24, 2.45) is 0 Å². The Kier molecular flexibility index (Phi) is 3.69. The normalized spacial score (nSPS) is 13.7. The number of aromatic nitrogens is 2. The number of nitrogens with one attached hydrogen (secondary N) is 1. The number of fused-ring (bicyclic) bond motifs is 3. The van der Waals surface area contributed by atoms with Gasteiger partial charge in [-0.15, -0.1) is 0 Å². The molecule has 1 aliphatic rings. The van der Waals surface area contributed by atoms with Gasteiger partial charge in [0.15, 0.2) is 0 Å². The van der Waals surface area contributed by atoms with Gasteiger partial charge in [0, 0.05) is 60.5 Å². The minimum atomic E-state index is -0.0905. The van der Waals surface area contributed by atoms with Gasteiger partial charge >= 0.3 is 0 Å². The SMILES string of the molecule is Cc1ccc(-c2ccn(-c3ccc4c5c(oc4c3)CCNC5)c(=O)c2)nc1. The molecule has 4 aromatic rings. The summed E-state index contributed by atoms with van der Waals surface area (Å²) in [5.74, 6) is 1.05. The van der Waals surface area contributed by atoms with Crippen LogP contribution in [0.5, 0.6) is 0 Å². The van der Waals surface area contributed by atoms with Crippen LogP contribution in [0.2, 0.25) is 0 Å². The van der Waals surface area contributed by atoms with E-state index in [-0.39, 0.29) is 5.56 Å². The molecule has 3 aromatic heterocycles. The van der Waals surface area contributed by atoms with E-state index in [1.54, 1.807) is 16.8 Å². The number of rotatable bonds is 2. The Morgan fingerprint density at radius 1 is 1.15 bits per heavy atom. The third-order valence-electron chi connectivity index (χ3n) is 5.10. The molecule has 0 aliphatic carbocycles. The van der Waals surface area contributed by atoms with Gasteiger partial charge in [0.2, 0.25) is 0 Å². The van der Waals surface area contributed by atoms with Crippen LogP contribution in [0.1, 0.15) is 16.9 Å². The van der Waals surface area contributed by atoms with Crippen LogP contribution in [0.15, 0.2) is 64.1 Å². The topological polar surface area (TPSA) is 60.1 Å². The monoisotopic (exact) mass is 357 g/mol. The molecule has 1 aliphatic heterocycles. The summed E-state index contributed by atoms with van der Waals surface area (Å²) in [4.78, 5) is 17.1. The van der Waals surface area contributed by atoms with Crippen molar-refractivity contribution in [1.82, 2.24) is 14.9 Å². The van der Waals surface area contributed by atoms with Crippen molar-refractivity contribution < 1.29 is 4.42 Å². The lowest BCUT2D eigenvalue weighted by Gasteiger charge is -2.10. The summed E-state index contributed by atoms with van der Waals surface area (Å²) in [6.07, 6.45) is 4.50. The van der Waals surface area contributed by atoms with Gasteiger partial charge in [0.25, 0.3) is 5.56 Å². The molecular formula is C22H19N3O2. The van der Waals surface area contributed by atoms with E-state index < -0.39 is 0 Å². The number of hydrogen-bond acceptors (Lipinski definition) is 4. The maximum Gasteiger partial charge on any atom is 0.255 e. The lowest BCUT2D eigenvalue weighted by molar-refractivity contribution is 0.500. The van der Waals surface area contributed by atoms with Crippen LogP contribution in [0.4, 0.5) is 0 Å². The van der Waals surface area contributed by atoms with Gasteiger partial charge in [-0.25, -0.2) is 0 Å². The standard InChI is InChI=1S/C22H19N3O2/c1-14-2-5-19(24-12-14)15-7-9-25(22(26)10-15)16-3-4-17-18-13-23-8-6-20(18)27-21(17)11-16/h2-5,7,9-12,23H,6,8,13H2,1H3. The molecule has 1 N–H and O–H groups in total. The molecule has 0 spiro atoms. The zero-order chi connectivity index (χ0) is 18.4. The molecule has 0 unspecified atom stereocenters. The lowest BCUT2D eigenvalue weighted by Crippen LogP contribution is -2.22. The van der Waals surface area contributed by atoms with E-state index in [4.69, 9.17) is 4.42 Å². The lowest BCUT2D eigenvalue weighted by atomic mass is 10.1. The molecule has 0 saturated carbocycles. The molecular weight excluding hydrogens is 338 g/mol. The highest BCUT2D eigenvalue weighted by atomic mass is 16.3. The Morgan fingerprint density at radius 3 is 2.89 bits per heavy atom. The van der Waals surface area contributed by atoms with Gasteiger partial charge in [-0.3, -0.25) is 14.3 Å². The van der Waals surface area contributed by atoms with E-state index in [0.717, 1.165) is 58.7 Å². The quantitative estimate of drug-likeness (QED) is 0.595. The number of benzene rings is 1. The molecule has 0 amide bonds. The molecule has 0 radical (unpaired) electrons. The third-order valence-corrected chi connectivity index (χ3v) is 5.10. The predicted octanol–water partition coefficient (Wildman–Crippen LogP) is 3.60. The molecule has 4 heterocycles. The zero-order valence-electron chi connectivity index (χ0n) is 15.0. The maximum absolute atomic E-state index is 12.7. The van der Waals surface area contributed by atoms with Crippen LogP contribution in [-0.2, 0) is 13.0 Å². The highest BCUT2D eigenvalue weighted by molar-refractivity contribution is 5.84. The molecule has 5 nitrogen and oxygen atoms in total. The van der Waals surface area contributed by atoms with Crippen molar-refractivity contribution in [3.63, 3.8) is 0 Å². The van der Waals surface area contributed by atoms with Gasteiger partial charge in [-0.2, -0.15) is 0 Å². The Morgan fingerprint density at radius 2 is 2.07 bits per heavy atom. The van der Waals surface area contributed by atoms with E-state index in [1.807, 2.05) is 49.5 Å². The number of nitrogens with zero attached hydrogens (tertiary/aromatic N) is 2. The van der Waals surface area contributed by atoms with Gasteiger partial charge < -0.3 is 9.73 Å². The van der Waals surface area contributed by atoms with Crippen LogP contribution in [-0.4, -0.2) is 16.1 Å². The molecule has 0 saturated heterocycles. The molecule has 0 bridgehead atoms. The van der Waals surface area contributed by atoms with Crippen molar-refractivity contribution in [1.29, 1.82) is 0 Å². The molecule has 0 atom stereocenters. The minimum Gasteiger partial charge on any atom is -0.461 e. The van der Waals surface area contributed by atoms with Crippen molar-refractivity contribution in [2.75, 3.05) is 6.54 Å². The number of hydrogen-bond donors (Lipinski definition) is 1. The fraction of sp³-hybridized carbons (Fsp3) is 0.182. The average Bonchev–Trinajstić information content (AvgIpc) is 3.06. The van der Waals surface area contributed by atoms with Crippen LogP contribution in [0.3, 0.4) is 0 Å². The zero-order valence-corrected chi connectivity index (χ0v) is 15.0. The molecule has 1 aromatic carbocycles. The summed E-state index contributed by atoms with van der Waals surface area (Å²) >= 11 is 0. The largest absolute Gasteiger partial charge is 0.461 e. The first kappa shape index (κ1) is 16.0. The van der Waals surface area contributed by atoms with Crippen molar-refractivity contribution >= 4 is 11.0 Å². The van der Waals surface area contributed by atoms with Gasteiger partial charge in [-0.05, 0) is 36.8 Å². The Balaban J connectivity index is 1.56. The summed E-state index contributed by atoms with van der Waals surface area (Å²) in [5, 5.41) is 4.50. The first-order valence-electron chi connectivity index (χ1n) is 9.10. The Hall–Kier alpha value is -3.18. The molecule has 0 fully saturated rings. The average molecular weight is 357 g/mol. The smallest absolute Gasteiger partial charge is 0.255 e. The van der Waals surface area contributed by atoms with E-state index in [9.17, 15) is 4.79 Å². The molecule has 27 heavy (non-hydrogen) atoms. The van der Waals surface area contributed by atoms with Crippen LogP contribution < -0.4 is 10.9 Å². The van der Waals surface area contributed by atoms with Gasteiger partial charge in [0.1, 0.15) is 11.3 Å². The summed E-state index contributed by atoms with van der Waals surface area (Å²) in [7, 11) is 0. The first-order chi connectivity index (χ1) is 13.2. The second-order valence-electron chi connectivity index (χ2n) is 6.96. The van der Waals surface area contributed by atoms with E-state index in [1.165, 1.54) is 5.56 Å². The third kappa shape index (κ3) is 2.76. The molecule has 5 rings (SSSR count). The summed E-state index contributed by atoms with van der Waals surface area (Å²) in [6, 6.07) is 13.4. The predicted molar refractivity (Wildman–Crippen MR) is 105 cm³/mol. The fourth-order valence-electron chi connectivity index (χ4n) is 3.64. The highest BCUT2D eigenvalue weighted by Crippen LogP contribution is 2.29. The van der Waals surface area contributed by atoms with Crippen LogP contribution in [0.25, 0.3) is 27.9 Å². The number of furan rings is 1. The molecule has 5 heteroatoms. The van der Waals surface area contributed by atoms with E-state index in [0.29, 0.717) is 0 Å². The fourth-order valence-corrected chi connectivity index (χ4v) is 3.64. The van der Waals surface area contributed by atoms with Crippen molar-refractivity contribution in [2.45, 2.75) is 19.9 Å². The first-order valence-corrected chi connectivity index (χ1v) is 9.10. The van der Waals surface area contributed by atoms with Crippen molar-refractivity contribution in [3.05, 3.63) is 82.1 Å². The molecule has 134 valence electrons. The van der Waals surface area contributed by atoms with Crippen molar-refractivity contribution in [3.8, 4) is 16.9 Å². The second-order valence-corrected chi connectivity index (χ2v) is 6.96. The minimum absolute atomic E-state index is 0.0905.